The lowest BCUT2D eigenvalue weighted by molar-refractivity contribution is -0.118. The lowest BCUT2D eigenvalue weighted by Gasteiger charge is -2.15. The van der Waals surface area contributed by atoms with Gasteiger partial charge in [-0.1, -0.05) is 17.7 Å². The van der Waals surface area contributed by atoms with Gasteiger partial charge >= 0.3 is 0 Å². The van der Waals surface area contributed by atoms with Gasteiger partial charge in [-0.3, -0.25) is 9.69 Å². The molecule has 1 aromatic rings. The Morgan fingerprint density at radius 2 is 2.31 bits per heavy atom. The number of primary amides is 1. The first-order valence-electron chi connectivity index (χ1n) is 4.68. The molecule has 0 unspecified atom stereocenters. The average Bonchev–Trinajstić information content (AvgIpc) is 2.19. The Morgan fingerprint density at radius 3 is 2.81 bits per heavy atom. The number of nitrogens with two attached hydrogens (primary N) is 1. The Hall–Kier alpha value is -1.57. The zero-order valence-electron chi connectivity index (χ0n) is 8.90. The normalized spacial score (nSPS) is 10.1. The maximum Gasteiger partial charge on any atom is 0.231 e. The van der Waals surface area contributed by atoms with Crippen LogP contribution in [0, 0.1) is 11.3 Å². The highest BCUT2D eigenvalue weighted by Gasteiger charge is 2.07. The molecule has 0 fully saturated rings. The van der Waals surface area contributed by atoms with Gasteiger partial charge in [-0.2, -0.15) is 5.26 Å². The number of nitriles is 1. The summed E-state index contributed by atoms with van der Waals surface area (Å²) in [5, 5.41) is 9.20. The fourth-order valence-corrected chi connectivity index (χ4v) is 1.60. The summed E-state index contributed by atoms with van der Waals surface area (Å²) in [5.74, 6) is -0.382. The van der Waals surface area contributed by atoms with Gasteiger partial charge in [-0.15, -0.1) is 0 Å². The minimum absolute atomic E-state index is 0.177. The quantitative estimate of drug-likeness (QED) is 0.854. The van der Waals surface area contributed by atoms with E-state index >= 15 is 0 Å². The fraction of sp³-hybridized carbons (Fsp3) is 0.273. The molecular weight excluding hydrogens is 226 g/mol. The SMILES string of the molecule is CN(CC(N)=O)Cc1ccc(C#N)cc1Cl. The molecule has 0 atom stereocenters. The molecule has 0 heterocycles. The lowest BCUT2D eigenvalue weighted by atomic mass is 10.1. The van der Waals surface area contributed by atoms with Crippen LogP contribution in [0.15, 0.2) is 18.2 Å². The minimum Gasteiger partial charge on any atom is -0.369 e. The molecule has 0 aliphatic carbocycles. The van der Waals surface area contributed by atoms with E-state index in [2.05, 4.69) is 0 Å². The van der Waals surface area contributed by atoms with Crippen molar-refractivity contribution in [2.45, 2.75) is 6.54 Å². The second-order valence-electron chi connectivity index (χ2n) is 3.56. The number of benzene rings is 1. The van der Waals surface area contributed by atoms with Gasteiger partial charge in [0.15, 0.2) is 0 Å². The maximum atomic E-state index is 10.7. The first-order valence-corrected chi connectivity index (χ1v) is 5.06. The minimum atomic E-state index is -0.382. The molecule has 0 saturated heterocycles. The van der Waals surface area contributed by atoms with Gasteiger partial charge < -0.3 is 5.73 Å². The number of rotatable bonds is 4. The van der Waals surface area contributed by atoms with Crippen molar-refractivity contribution in [3.63, 3.8) is 0 Å². The Labute approximate surface area is 99.2 Å². The molecule has 5 heteroatoms. The van der Waals surface area contributed by atoms with Crippen molar-refractivity contribution in [1.29, 1.82) is 5.26 Å². The van der Waals surface area contributed by atoms with E-state index in [4.69, 9.17) is 22.6 Å². The van der Waals surface area contributed by atoms with Crippen LogP contribution in [0.2, 0.25) is 5.02 Å². The van der Waals surface area contributed by atoms with Crippen LogP contribution in [0.4, 0.5) is 0 Å². The largest absolute Gasteiger partial charge is 0.369 e. The third-order valence-corrected chi connectivity index (χ3v) is 2.40. The highest BCUT2D eigenvalue weighted by atomic mass is 35.5. The number of hydrogen-bond donors (Lipinski definition) is 1. The van der Waals surface area contributed by atoms with Crippen LogP contribution in [0.5, 0.6) is 0 Å². The van der Waals surface area contributed by atoms with E-state index in [0.717, 1.165) is 5.56 Å². The van der Waals surface area contributed by atoms with Crippen molar-refractivity contribution in [1.82, 2.24) is 4.90 Å². The molecule has 0 aliphatic heterocycles. The Kier molecular flexibility index (Phi) is 4.29. The molecule has 0 bridgehead atoms. The monoisotopic (exact) mass is 237 g/mol. The summed E-state index contributed by atoms with van der Waals surface area (Å²) < 4.78 is 0. The standard InChI is InChI=1S/C11H12ClN3O/c1-15(7-11(14)16)6-9-3-2-8(5-13)4-10(9)12/h2-4H,6-7H2,1H3,(H2,14,16). The summed E-state index contributed by atoms with van der Waals surface area (Å²) in [5.41, 5.74) is 6.46. The fourth-order valence-electron chi connectivity index (χ4n) is 1.36. The molecule has 0 spiro atoms. The number of carbonyl (C=O) groups is 1. The van der Waals surface area contributed by atoms with Crippen LogP contribution in [-0.4, -0.2) is 24.4 Å². The van der Waals surface area contributed by atoms with Crippen LogP contribution in [0.1, 0.15) is 11.1 Å². The first kappa shape index (κ1) is 12.5. The molecule has 0 saturated carbocycles. The van der Waals surface area contributed by atoms with Gasteiger partial charge in [0.25, 0.3) is 0 Å². The topological polar surface area (TPSA) is 70.1 Å². The van der Waals surface area contributed by atoms with Gasteiger partial charge in [0.2, 0.25) is 5.91 Å². The zero-order chi connectivity index (χ0) is 12.1. The molecule has 16 heavy (non-hydrogen) atoms. The van der Waals surface area contributed by atoms with E-state index in [1.165, 1.54) is 0 Å². The lowest BCUT2D eigenvalue weighted by Crippen LogP contribution is -2.30. The average molecular weight is 238 g/mol. The van der Waals surface area contributed by atoms with Crippen molar-refractivity contribution < 1.29 is 4.79 Å². The molecule has 1 rings (SSSR count). The number of nitrogens with zero attached hydrogens (tertiary/aromatic N) is 2. The summed E-state index contributed by atoms with van der Waals surface area (Å²) >= 11 is 5.99. The van der Waals surface area contributed by atoms with Gasteiger partial charge in [-0.05, 0) is 24.7 Å². The Morgan fingerprint density at radius 1 is 1.62 bits per heavy atom. The predicted molar refractivity (Wildman–Crippen MR) is 61.7 cm³/mol. The van der Waals surface area contributed by atoms with Gasteiger partial charge in [0, 0.05) is 11.6 Å². The van der Waals surface area contributed by atoms with Gasteiger partial charge in [-0.25, -0.2) is 0 Å². The van der Waals surface area contributed by atoms with E-state index in [0.29, 0.717) is 17.1 Å². The van der Waals surface area contributed by atoms with E-state index < -0.39 is 0 Å². The highest BCUT2D eigenvalue weighted by Crippen LogP contribution is 2.18. The molecule has 1 amide bonds. The summed E-state index contributed by atoms with van der Waals surface area (Å²) in [7, 11) is 1.78. The summed E-state index contributed by atoms with van der Waals surface area (Å²) in [6.45, 7) is 0.698. The Bertz CT molecular complexity index is 439. The third kappa shape index (κ3) is 3.54. The highest BCUT2D eigenvalue weighted by molar-refractivity contribution is 6.31. The second kappa shape index (κ2) is 5.50. The number of likely N-dealkylation sites (N-methyl/N-ethyl adjacent to an activating group) is 1. The molecular formula is C11H12ClN3O. The van der Waals surface area contributed by atoms with E-state index in [9.17, 15) is 4.79 Å². The number of carbonyl (C=O) groups excluding carboxylic acids is 1. The summed E-state index contributed by atoms with van der Waals surface area (Å²) in [4.78, 5) is 12.4. The summed E-state index contributed by atoms with van der Waals surface area (Å²) in [6.07, 6.45) is 0. The number of hydrogen-bond acceptors (Lipinski definition) is 3. The van der Waals surface area contributed by atoms with Crippen LogP contribution in [0.3, 0.4) is 0 Å². The third-order valence-electron chi connectivity index (χ3n) is 2.05. The predicted octanol–water partition coefficient (Wildman–Crippen LogP) is 1.13. The van der Waals surface area contributed by atoms with E-state index in [-0.39, 0.29) is 12.5 Å². The van der Waals surface area contributed by atoms with E-state index in [1.54, 1.807) is 30.1 Å². The van der Waals surface area contributed by atoms with Crippen molar-refractivity contribution in [2.24, 2.45) is 5.73 Å². The first-order chi connectivity index (χ1) is 7.52. The Balaban J connectivity index is 2.75. The van der Waals surface area contributed by atoms with Crippen molar-refractivity contribution in [2.75, 3.05) is 13.6 Å². The van der Waals surface area contributed by atoms with Crippen molar-refractivity contribution >= 4 is 17.5 Å². The number of amides is 1. The molecule has 4 nitrogen and oxygen atoms in total. The number of halogens is 1. The van der Waals surface area contributed by atoms with Gasteiger partial charge in [0.1, 0.15) is 0 Å². The molecule has 0 aromatic heterocycles. The van der Waals surface area contributed by atoms with Crippen LogP contribution < -0.4 is 5.73 Å². The second-order valence-corrected chi connectivity index (χ2v) is 3.96. The van der Waals surface area contributed by atoms with E-state index in [1.807, 2.05) is 6.07 Å². The molecule has 84 valence electrons. The molecule has 2 N–H and O–H groups in total. The maximum absolute atomic E-state index is 10.7. The van der Waals surface area contributed by atoms with Crippen LogP contribution >= 0.6 is 11.6 Å². The van der Waals surface area contributed by atoms with Gasteiger partial charge in [0.05, 0.1) is 18.2 Å². The summed E-state index contributed by atoms with van der Waals surface area (Å²) in [6, 6.07) is 7.08. The van der Waals surface area contributed by atoms with Crippen molar-refractivity contribution in [3.05, 3.63) is 34.3 Å². The molecule has 0 aliphatic rings. The molecule has 0 radical (unpaired) electrons. The van der Waals surface area contributed by atoms with Crippen molar-refractivity contribution in [3.8, 4) is 6.07 Å². The van der Waals surface area contributed by atoms with Crippen LogP contribution in [0.25, 0.3) is 0 Å². The van der Waals surface area contributed by atoms with Crippen LogP contribution in [-0.2, 0) is 11.3 Å². The molecule has 1 aromatic carbocycles. The zero-order valence-corrected chi connectivity index (χ0v) is 9.66. The smallest absolute Gasteiger partial charge is 0.231 e.